The highest BCUT2D eigenvalue weighted by Crippen LogP contribution is 1.96. The maximum Gasteiger partial charge on any atom is 0.320 e. The van der Waals surface area contributed by atoms with Crippen LogP contribution in [0.5, 0.6) is 0 Å². The molecule has 0 aliphatic heterocycles. The highest BCUT2D eigenvalue weighted by molar-refractivity contribution is 5.73. The molecule has 0 aliphatic rings. The summed E-state index contributed by atoms with van der Waals surface area (Å²) in [4.78, 5) is 10.1. The van der Waals surface area contributed by atoms with Crippen LogP contribution in [0.2, 0.25) is 0 Å². The lowest BCUT2D eigenvalue weighted by Crippen LogP contribution is -2.29. The average molecular weight is 204 g/mol. The summed E-state index contributed by atoms with van der Waals surface area (Å²) in [6.07, 6.45) is 2.16. The van der Waals surface area contributed by atoms with Gasteiger partial charge in [0.15, 0.2) is 0 Å². The van der Waals surface area contributed by atoms with Crippen LogP contribution in [-0.4, -0.2) is 29.5 Å². The van der Waals surface area contributed by atoms with Crippen LogP contribution in [0.15, 0.2) is 0 Å². The molecule has 84 valence electrons. The molecule has 8 N–H and O–H groups in total. The fraction of sp³-hybridized carbons (Fsp3) is 0.750. The van der Waals surface area contributed by atoms with Crippen LogP contribution in [-0.2, 0) is 4.79 Å². The van der Waals surface area contributed by atoms with Gasteiger partial charge in [0.05, 0.1) is 5.84 Å². The van der Waals surface area contributed by atoms with Gasteiger partial charge in [-0.1, -0.05) is 6.42 Å². The third-order valence-electron chi connectivity index (χ3n) is 1.29. The molecule has 6 heteroatoms. The van der Waals surface area contributed by atoms with Crippen molar-refractivity contribution in [3.63, 3.8) is 0 Å². The van der Waals surface area contributed by atoms with E-state index in [9.17, 15) is 4.79 Å². The van der Waals surface area contributed by atoms with E-state index in [4.69, 9.17) is 27.7 Å². The number of nitrogens with one attached hydrogen (secondary N) is 1. The molecule has 0 aliphatic carbocycles. The number of aliphatic carboxylic acids is 1. The van der Waals surface area contributed by atoms with Gasteiger partial charge < -0.3 is 22.3 Å². The lowest BCUT2D eigenvalue weighted by atomic mass is 10.1. The SMILES string of the molecule is CC(=N)N.NCCCC[C@H](N)C(=O)O. The Kier molecular flexibility index (Phi) is 10.9. The highest BCUT2D eigenvalue weighted by Gasteiger charge is 2.09. The molecule has 0 bridgehead atoms. The molecule has 1 atom stereocenters. The maximum absolute atomic E-state index is 10.1. The monoisotopic (exact) mass is 204 g/mol. The second-order valence-corrected chi connectivity index (χ2v) is 2.91. The first-order chi connectivity index (χ1) is 6.41. The van der Waals surface area contributed by atoms with Crippen LogP contribution in [0, 0.1) is 5.41 Å². The zero-order valence-electron chi connectivity index (χ0n) is 8.49. The number of unbranched alkanes of at least 4 members (excludes halogenated alkanes) is 1. The number of carboxylic acids is 1. The van der Waals surface area contributed by atoms with E-state index in [2.05, 4.69) is 0 Å². The summed E-state index contributed by atoms with van der Waals surface area (Å²) < 4.78 is 0. The van der Waals surface area contributed by atoms with Crippen molar-refractivity contribution in [2.75, 3.05) is 6.54 Å². The topological polar surface area (TPSA) is 139 Å². The van der Waals surface area contributed by atoms with Crippen LogP contribution < -0.4 is 17.2 Å². The molecule has 0 unspecified atom stereocenters. The summed E-state index contributed by atoms with van der Waals surface area (Å²) in [5, 5.41) is 14.6. The first-order valence-corrected chi connectivity index (χ1v) is 4.40. The fourth-order valence-corrected chi connectivity index (χ4v) is 0.632. The van der Waals surface area contributed by atoms with Gasteiger partial charge in [-0.25, -0.2) is 0 Å². The van der Waals surface area contributed by atoms with Crippen molar-refractivity contribution in [2.45, 2.75) is 32.2 Å². The van der Waals surface area contributed by atoms with Crippen molar-refractivity contribution >= 4 is 11.8 Å². The molecule has 0 amide bonds. The first-order valence-electron chi connectivity index (χ1n) is 4.40. The Balaban J connectivity index is 0. The Labute approximate surface area is 84.0 Å². The van der Waals surface area contributed by atoms with E-state index in [0.717, 1.165) is 12.8 Å². The standard InChI is InChI=1S/C6H14N2O2.C2H6N2/c7-4-2-1-3-5(8)6(9)10;1-2(3)4/h5H,1-4,7-8H2,(H,9,10);1H3,(H3,3,4)/t5-;/m0./s1. The molecular weight excluding hydrogens is 184 g/mol. The van der Waals surface area contributed by atoms with Gasteiger partial charge in [0, 0.05) is 0 Å². The molecule has 0 saturated carbocycles. The van der Waals surface area contributed by atoms with Gasteiger partial charge in [0.2, 0.25) is 0 Å². The molecular formula is C8H20N4O2. The summed E-state index contributed by atoms with van der Waals surface area (Å²) in [5.41, 5.74) is 15.1. The van der Waals surface area contributed by atoms with E-state index in [1.807, 2.05) is 0 Å². The Hall–Kier alpha value is -1.14. The van der Waals surface area contributed by atoms with Crippen LogP contribution in [0.4, 0.5) is 0 Å². The second-order valence-electron chi connectivity index (χ2n) is 2.91. The molecule has 0 aromatic carbocycles. The lowest BCUT2D eigenvalue weighted by molar-refractivity contribution is -0.138. The Bertz CT molecular complexity index is 169. The van der Waals surface area contributed by atoms with Gasteiger partial charge >= 0.3 is 5.97 Å². The molecule has 0 aromatic rings. The van der Waals surface area contributed by atoms with Crippen LogP contribution in [0.1, 0.15) is 26.2 Å². The van der Waals surface area contributed by atoms with Crippen molar-refractivity contribution < 1.29 is 9.90 Å². The quantitative estimate of drug-likeness (QED) is 0.233. The summed E-state index contributed by atoms with van der Waals surface area (Å²) in [7, 11) is 0. The van der Waals surface area contributed by atoms with Crippen molar-refractivity contribution in [1.29, 1.82) is 5.41 Å². The van der Waals surface area contributed by atoms with E-state index < -0.39 is 12.0 Å². The largest absolute Gasteiger partial charge is 0.480 e. The van der Waals surface area contributed by atoms with Crippen molar-refractivity contribution in [1.82, 2.24) is 0 Å². The number of hydrogen-bond donors (Lipinski definition) is 5. The van der Waals surface area contributed by atoms with Gasteiger partial charge in [-0.15, -0.1) is 0 Å². The third-order valence-corrected chi connectivity index (χ3v) is 1.29. The predicted molar refractivity (Wildman–Crippen MR) is 56.1 cm³/mol. The third kappa shape index (κ3) is 17.1. The van der Waals surface area contributed by atoms with Gasteiger partial charge in [-0.3, -0.25) is 10.2 Å². The van der Waals surface area contributed by atoms with Gasteiger partial charge in [0.1, 0.15) is 6.04 Å². The van der Waals surface area contributed by atoms with E-state index in [-0.39, 0.29) is 5.84 Å². The molecule has 0 rings (SSSR count). The first kappa shape index (κ1) is 15.3. The number of amidine groups is 1. The number of carboxylic acid groups (broad SMARTS) is 1. The molecule has 0 heterocycles. The van der Waals surface area contributed by atoms with E-state index in [1.54, 1.807) is 0 Å². The van der Waals surface area contributed by atoms with Crippen molar-refractivity contribution in [3.8, 4) is 0 Å². The minimum Gasteiger partial charge on any atom is -0.480 e. The van der Waals surface area contributed by atoms with Crippen molar-refractivity contribution in [2.24, 2.45) is 17.2 Å². The maximum atomic E-state index is 10.1. The zero-order chi connectivity index (χ0) is 11.6. The molecule has 14 heavy (non-hydrogen) atoms. The lowest BCUT2D eigenvalue weighted by Gasteiger charge is -2.03. The summed E-state index contributed by atoms with van der Waals surface area (Å²) in [6.45, 7) is 2.13. The fourth-order valence-electron chi connectivity index (χ4n) is 0.632. The second kappa shape index (κ2) is 9.94. The van der Waals surface area contributed by atoms with Gasteiger partial charge in [-0.05, 0) is 26.3 Å². The minimum atomic E-state index is -0.933. The Morgan fingerprint density at radius 1 is 1.50 bits per heavy atom. The smallest absolute Gasteiger partial charge is 0.320 e. The predicted octanol–water partition coefficient (Wildman–Crippen LogP) is -0.530. The summed E-state index contributed by atoms with van der Waals surface area (Å²) in [6, 6.07) is -0.716. The number of rotatable bonds is 5. The average Bonchev–Trinajstić information content (AvgIpc) is 2.03. The van der Waals surface area contributed by atoms with E-state index in [1.165, 1.54) is 6.92 Å². The van der Waals surface area contributed by atoms with Crippen LogP contribution in [0.25, 0.3) is 0 Å². The van der Waals surface area contributed by atoms with Crippen molar-refractivity contribution in [3.05, 3.63) is 0 Å². The molecule has 0 spiro atoms. The van der Waals surface area contributed by atoms with Crippen LogP contribution >= 0.6 is 0 Å². The van der Waals surface area contributed by atoms with Gasteiger partial charge in [-0.2, -0.15) is 0 Å². The molecule has 0 radical (unpaired) electrons. The van der Waals surface area contributed by atoms with E-state index >= 15 is 0 Å². The molecule has 6 nitrogen and oxygen atoms in total. The van der Waals surface area contributed by atoms with E-state index in [0.29, 0.717) is 13.0 Å². The Morgan fingerprint density at radius 3 is 2.21 bits per heavy atom. The van der Waals surface area contributed by atoms with Gasteiger partial charge in [0.25, 0.3) is 0 Å². The Morgan fingerprint density at radius 2 is 1.93 bits per heavy atom. The molecule has 0 saturated heterocycles. The summed E-state index contributed by atoms with van der Waals surface area (Å²) in [5.74, 6) is -0.767. The number of carbonyl (C=O) groups is 1. The summed E-state index contributed by atoms with van der Waals surface area (Å²) >= 11 is 0. The number of nitrogens with two attached hydrogens (primary N) is 3. The van der Waals surface area contributed by atoms with Crippen LogP contribution in [0.3, 0.4) is 0 Å². The normalized spacial score (nSPS) is 11.1. The zero-order valence-corrected chi connectivity index (χ0v) is 8.49. The molecule has 0 fully saturated rings. The minimum absolute atomic E-state index is 0.167. The molecule has 0 aromatic heterocycles. The highest BCUT2D eigenvalue weighted by atomic mass is 16.4. The number of hydrogen-bond acceptors (Lipinski definition) is 4.